The van der Waals surface area contributed by atoms with Gasteiger partial charge in [-0.05, 0) is 35.7 Å². The second-order valence-corrected chi connectivity index (χ2v) is 7.46. The number of hydrogen-bond acceptors (Lipinski definition) is 6. The minimum Gasteiger partial charge on any atom is -0.497 e. The molecule has 1 saturated heterocycles. The zero-order valence-corrected chi connectivity index (χ0v) is 16.3. The highest BCUT2D eigenvalue weighted by Gasteiger charge is 2.34. The van der Waals surface area contributed by atoms with Crippen LogP contribution in [0.5, 0.6) is 17.2 Å². The van der Waals surface area contributed by atoms with Gasteiger partial charge in [-0.2, -0.15) is 0 Å². The third-order valence-electron chi connectivity index (χ3n) is 5.17. The first-order valence-electron chi connectivity index (χ1n) is 9.27. The van der Waals surface area contributed by atoms with Crippen LogP contribution in [0, 0.1) is 0 Å². The largest absolute Gasteiger partial charge is 0.497 e. The van der Waals surface area contributed by atoms with Gasteiger partial charge in [0, 0.05) is 18.4 Å². The maximum atomic E-state index is 10.2. The number of rotatable bonds is 5. The van der Waals surface area contributed by atoms with Crippen LogP contribution in [-0.4, -0.2) is 42.9 Å². The maximum absolute atomic E-state index is 10.2. The fraction of sp³-hybridized carbons (Fsp3) is 0.429. The lowest BCUT2D eigenvalue weighted by atomic mass is 9.93. The van der Waals surface area contributed by atoms with Crippen LogP contribution < -0.4 is 14.2 Å². The van der Waals surface area contributed by atoms with Crippen molar-refractivity contribution in [1.82, 2.24) is 0 Å². The average molecular weight is 407 g/mol. The van der Waals surface area contributed by atoms with Gasteiger partial charge < -0.3 is 29.2 Å². The summed E-state index contributed by atoms with van der Waals surface area (Å²) in [7, 11) is 1.63. The second kappa shape index (κ2) is 8.17. The molecule has 0 radical (unpaired) electrons. The van der Waals surface area contributed by atoms with E-state index >= 15 is 0 Å². The summed E-state index contributed by atoms with van der Waals surface area (Å²) in [5, 5.41) is 20.2. The number of aliphatic hydroxyl groups excluding tert-OH is 2. The van der Waals surface area contributed by atoms with Crippen molar-refractivity contribution < 1.29 is 29.2 Å². The Morgan fingerprint density at radius 1 is 1.14 bits per heavy atom. The summed E-state index contributed by atoms with van der Waals surface area (Å²) in [5.74, 6) is 1.85. The Balaban J connectivity index is 1.69. The van der Waals surface area contributed by atoms with E-state index in [0.717, 1.165) is 22.4 Å². The smallest absolute Gasteiger partial charge is 0.231 e. The van der Waals surface area contributed by atoms with Crippen LogP contribution in [0.2, 0.25) is 5.02 Å². The number of hydrogen-bond donors (Lipinski definition) is 2. The molecule has 6 nitrogen and oxygen atoms in total. The molecule has 3 atom stereocenters. The lowest BCUT2D eigenvalue weighted by molar-refractivity contribution is -0.114. The van der Waals surface area contributed by atoms with Crippen LogP contribution in [0.1, 0.15) is 35.6 Å². The van der Waals surface area contributed by atoms with Crippen molar-refractivity contribution in [2.45, 2.75) is 37.6 Å². The Bertz CT molecular complexity index is 838. The molecule has 3 unspecified atom stereocenters. The molecule has 2 heterocycles. The summed E-state index contributed by atoms with van der Waals surface area (Å²) in [6, 6.07) is 9.74. The molecular weight excluding hydrogens is 384 g/mol. The number of methoxy groups -OCH3 is 1. The zero-order chi connectivity index (χ0) is 19.7. The molecule has 2 aliphatic heterocycles. The zero-order valence-electron chi connectivity index (χ0n) is 15.6. The Hall–Kier alpha value is -1.99. The summed E-state index contributed by atoms with van der Waals surface area (Å²) in [6.07, 6.45) is 0.0881. The molecule has 0 spiro atoms. The van der Waals surface area contributed by atoms with Gasteiger partial charge in [0.25, 0.3) is 0 Å². The van der Waals surface area contributed by atoms with Gasteiger partial charge in [0.1, 0.15) is 5.75 Å². The topological polar surface area (TPSA) is 77.4 Å². The molecule has 0 aliphatic carbocycles. The summed E-state index contributed by atoms with van der Waals surface area (Å²) < 4.78 is 22.5. The summed E-state index contributed by atoms with van der Waals surface area (Å²) >= 11 is 6.60. The molecule has 150 valence electrons. The Kier molecular flexibility index (Phi) is 5.64. The molecule has 0 saturated carbocycles. The van der Waals surface area contributed by atoms with Crippen molar-refractivity contribution >= 4 is 11.6 Å². The van der Waals surface area contributed by atoms with Crippen LogP contribution >= 0.6 is 11.6 Å². The van der Waals surface area contributed by atoms with Gasteiger partial charge >= 0.3 is 0 Å². The van der Waals surface area contributed by atoms with Gasteiger partial charge in [0.05, 0.1) is 37.1 Å². The number of halogens is 1. The Labute approximate surface area is 168 Å². The fourth-order valence-electron chi connectivity index (χ4n) is 3.76. The van der Waals surface area contributed by atoms with E-state index in [0.29, 0.717) is 35.8 Å². The van der Waals surface area contributed by atoms with Crippen molar-refractivity contribution in [3.63, 3.8) is 0 Å². The average Bonchev–Trinajstić information content (AvgIpc) is 3.20. The lowest BCUT2D eigenvalue weighted by Crippen LogP contribution is -2.33. The van der Waals surface area contributed by atoms with E-state index in [4.69, 9.17) is 30.5 Å². The predicted octanol–water partition coefficient (Wildman–Crippen LogP) is 3.24. The van der Waals surface area contributed by atoms with Crippen LogP contribution in [0.4, 0.5) is 0 Å². The molecular formula is C21H23ClO6. The number of benzene rings is 2. The Morgan fingerprint density at radius 2 is 1.89 bits per heavy atom. The normalized spacial score (nSPS) is 23.6. The molecule has 0 aromatic heterocycles. The van der Waals surface area contributed by atoms with Crippen molar-refractivity contribution in [1.29, 1.82) is 0 Å². The third kappa shape index (κ3) is 3.78. The van der Waals surface area contributed by atoms with Crippen LogP contribution in [0.25, 0.3) is 0 Å². The third-order valence-corrected chi connectivity index (χ3v) is 5.58. The van der Waals surface area contributed by atoms with E-state index in [1.165, 1.54) is 0 Å². The fourth-order valence-corrected chi connectivity index (χ4v) is 4.02. The maximum Gasteiger partial charge on any atom is 0.231 e. The van der Waals surface area contributed by atoms with E-state index < -0.39 is 18.3 Å². The van der Waals surface area contributed by atoms with Gasteiger partial charge in [-0.25, -0.2) is 0 Å². The minimum absolute atomic E-state index is 0.0900. The van der Waals surface area contributed by atoms with Gasteiger partial charge in [0.2, 0.25) is 6.79 Å². The lowest BCUT2D eigenvalue weighted by Gasteiger charge is -2.33. The quantitative estimate of drug-likeness (QED) is 0.793. The van der Waals surface area contributed by atoms with Crippen molar-refractivity contribution in [2.24, 2.45) is 0 Å². The van der Waals surface area contributed by atoms with Gasteiger partial charge in [-0.1, -0.05) is 23.7 Å². The van der Waals surface area contributed by atoms with Gasteiger partial charge in [-0.15, -0.1) is 0 Å². The minimum atomic E-state index is -0.547. The molecule has 0 amide bonds. The second-order valence-electron chi connectivity index (χ2n) is 7.08. The molecule has 0 bridgehead atoms. The molecule has 7 heteroatoms. The predicted molar refractivity (Wildman–Crippen MR) is 103 cm³/mol. The molecule has 2 aliphatic rings. The van der Waals surface area contributed by atoms with Crippen LogP contribution in [-0.2, 0) is 11.2 Å². The first-order valence-corrected chi connectivity index (χ1v) is 9.65. The highest BCUT2D eigenvalue weighted by Crippen LogP contribution is 2.48. The first-order chi connectivity index (χ1) is 13.6. The van der Waals surface area contributed by atoms with Crippen LogP contribution in [0.3, 0.4) is 0 Å². The monoisotopic (exact) mass is 406 g/mol. The number of aliphatic hydroxyl groups is 2. The van der Waals surface area contributed by atoms with E-state index in [1.54, 1.807) is 7.11 Å². The van der Waals surface area contributed by atoms with Crippen molar-refractivity contribution in [2.75, 3.05) is 20.5 Å². The first kappa shape index (κ1) is 19.3. The van der Waals surface area contributed by atoms with E-state index in [-0.39, 0.29) is 13.4 Å². The van der Waals surface area contributed by atoms with E-state index in [1.807, 2.05) is 30.3 Å². The summed E-state index contributed by atoms with van der Waals surface area (Å²) in [5.41, 5.74) is 2.75. The number of fused-ring (bicyclic) bond motifs is 1. The Morgan fingerprint density at radius 3 is 2.61 bits per heavy atom. The number of ether oxygens (including phenoxy) is 4. The molecule has 2 aromatic carbocycles. The van der Waals surface area contributed by atoms with Gasteiger partial charge in [0.15, 0.2) is 11.5 Å². The standard InChI is InChI=1S/C21H23ClO6/c1-25-15-4-2-12(3-5-15)6-13-7-17(20-21(19(13)22)27-11-26-20)18-9-14(24)8-16(10-23)28-18/h2-5,7,14,16,18,23-24H,6,8-11H2,1H3. The van der Waals surface area contributed by atoms with E-state index in [2.05, 4.69) is 0 Å². The van der Waals surface area contributed by atoms with Crippen LogP contribution in [0.15, 0.2) is 30.3 Å². The molecule has 2 N–H and O–H groups in total. The van der Waals surface area contributed by atoms with E-state index in [9.17, 15) is 10.2 Å². The summed E-state index contributed by atoms with van der Waals surface area (Å²) in [6.45, 7) is -0.0495. The molecule has 28 heavy (non-hydrogen) atoms. The van der Waals surface area contributed by atoms with Crippen molar-refractivity contribution in [3.05, 3.63) is 52.0 Å². The summed E-state index contributed by atoms with van der Waals surface area (Å²) in [4.78, 5) is 0. The molecule has 4 rings (SSSR count). The highest BCUT2D eigenvalue weighted by atomic mass is 35.5. The van der Waals surface area contributed by atoms with Crippen molar-refractivity contribution in [3.8, 4) is 17.2 Å². The highest BCUT2D eigenvalue weighted by molar-refractivity contribution is 6.33. The SMILES string of the molecule is COc1ccc(Cc2cc(C3CC(O)CC(CO)O3)c3c(c2Cl)OCO3)cc1. The van der Waals surface area contributed by atoms with Gasteiger partial charge in [-0.3, -0.25) is 0 Å². The molecule has 2 aromatic rings. The molecule has 1 fully saturated rings.